The number of H-pyrrole nitrogens is 1. The molecule has 7 heteroatoms. The summed E-state index contributed by atoms with van der Waals surface area (Å²) in [4.78, 5) is 37.0. The molecule has 0 aliphatic heterocycles. The number of aryl methyl sites for hydroxylation is 1. The van der Waals surface area contributed by atoms with Crippen LogP contribution in [0.25, 0.3) is 0 Å². The van der Waals surface area contributed by atoms with E-state index in [0.29, 0.717) is 22.6 Å². The van der Waals surface area contributed by atoms with E-state index in [1.165, 1.54) is 11.3 Å². The third-order valence-corrected chi connectivity index (χ3v) is 4.56. The summed E-state index contributed by atoms with van der Waals surface area (Å²) in [5.74, 6) is 0.422. The second-order valence-electron chi connectivity index (χ2n) is 6.80. The van der Waals surface area contributed by atoms with Crippen molar-refractivity contribution in [1.29, 1.82) is 0 Å². The molecule has 124 valence electrons. The lowest BCUT2D eigenvalue weighted by molar-refractivity contribution is 0.102. The predicted molar refractivity (Wildman–Crippen MR) is 92.5 cm³/mol. The highest BCUT2D eigenvalue weighted by Gasteiger charge is 2.22. The number of nitrogens with one attached hydrogen (secondary N) is 2. The fourth-order valence-electron chi connectivity index (χ4n) is 1.98. The van der Waals surface area contributed by atoms with E-state index in [1.54, 1.807) is 13.1 Å². The number of hydrogen-bond donors (Lipinski definition) is 2. The monoisotopic (exact) mass is 334 g/mol. The summed E-state index contributed by atoms with van der Waals surface area (Å²) in [6.07, 6.45) is 1.74. The molecule has 2 rings (SSSR count). The summed E-state index contributed by atoms with van der Waals surface area (Å²) >= 11 is 1.41. The number of aromatic nitrogens is 3. The first-order valence-corrected chi connectivity index (χ1v) is 8.29. The molecule has 2 aromatic rings. The van der Waals surface area contributed by atoms with Crippen LogP contribution in [0.3, 0.4) is 0 Å². The summed E-state index contributed by atoms with van der Waals surface area (Å²) in [6.45, 7) is 11.6. The zero-order chi connectivity index (χ0) is 17.4. The normalized spacial score (nSPS) is 11.8. The summed E-state index contributed by atoms with van der Waals surface area (Å²) in [7, 11) is 0. The van der Waals surface area contributed by atoms with Crippen LogP contribution in [0.1, 0.15) is 67.3 Å². The van der Waals surface area contributed by atoms with Gasteiger partial charge in [0.05, 0.1) is 5.69 Å². The predicted octanol–water partition coefficient (Wildman–Crippen LogP) is 3.21. The van der Waals surface area contributed by atoms with Crippen molar-refractivity contribution in [3.8, 4) is 0 Å². The van der Waals surface area contributed by atoms with E-state index in [2.05, 4.69) is 34.1 Å². The lowest BCUT2D eigenvalue weighted by Crippen LogP contribution is -2.30. The van der Waals surface area contributed by atoms with Gasteiger partial charge in [-0.15, -0.1) is 11.3 Å². The third-order valence-electron chi connectivity index (χ3n) is 3.35. The Morgan fingerprint density at radius 3 is 2.48 bits per heavy atom. The largest absolute Gasteiger partial charge is 0.309 e. The van der Waals surface area contributed by atoms with Crippen molar-refractivity contribution in [2.45, 2.75) is 52.9 Å². The molecular formula is C16H22N4O2S. The number of anilines is 1. The molecule has 0 aliphatic carbocycles. The van der Waals surface area contributed by atoms with E-state index >= 15 is 0 Å². The maximum absolute atomic E-state index is 12.4. The van der Waals surface area contributed by atoms with Crippen molar-refractivity contribution in [2.24, 2.45) is 0 Å². The van der Waals surface area contributed by atoms with Gasteiger partial charge in [0, 0.05) is 16.5 Å². The van der Waals surface area contributed by atoms with Gasteiger partial charge in [-0.2, -0.15) is 0 Å². The average molecular weight is 334 g/mol. The second-order valence-corrected chi connectivity index (χ2v) is 7.86. The fraction of sp³-hybridized carbons (Fsp3) is 0.500. The van der Waals surface area contributed by atoms with Crippen molar-refractivity contribution < 1.29 is 4.79 Å². The Bertz CT molecular complexity index is 784. The van der Waals surface area contributed by atoms with Crippen molar-refractivity contribution in [3.05, 3.63) is 38.5 Å². The molecule has 0 fully saturated rings. The first kappa shape index (κ1) is 17.3. The first-order chi connectivity index (χ1) is 10.6. The third kappa shape index (κ3) is 3.85. The number of thiazole rings is 1. The minimum atomic E-state index is -0.485. The highest BCUT2D eigenvalue weighted by atomic mass is 32.1. The molecule has 0 saturated carbocycles. The number of carbonyl (C=O) groups excluding carboxylic acids is 1. The molecule has 0 bridgehead atoms. The van der Waals surface area contributed by atoms with Gasteiger partial charge in [0.15, 0.2) is 5.13 Å². The number of carbonyl (C=O) groups is 1. The van der Waals surface area contributed by atoms with Gasteiger partial charge < -0.3 is 4.98 Å². The zero-order valence-electron chi connectivity index (χ0n) is 14.3. The van der Waals surface area contributed by atoms with Crippen LogP contribution >= 0.6 is 11.3 Å². The van der Waals surface area contributed by atoms with Crippen LogP contribution in [0, 0.1) is 6.92 Å². The second kappa shape index (κ2) is 6.23. The van der Waals surface area contributed by atoms with E-state index in [0.717, 1.165) is 4.88 Å². The zero-order valence-corrected chi connectivity index (χ0v) is 15.1. The van der Waals surface area contributed by atoms with Crippen LogP contribution in [-0.4, -0.2) is 20.9 Å². The maximum Gasteiger partial charge on any atom is 0.264 e. The number of rotatable bonds is 3. The molecule has 2 aromatic heterocycles. The van der Waals surface area contributed by atoms with Crippen molar-refractivity contribution in [3.63, 3.8) is 0 Å². The van der Waals surface area contributed by atoms with E-state index in [1.807, 2.05) is 20.8 Å². The quantitative estimate of drug-likeness (QED) is 0.902. The van der Waals surface area contributed by atoms with Crippen LogP contribution in [0.2, 0.25) is 0 Å². The average Bonchev–Trinajstić information content (AvgIpc) is 2.85. The van der Waals surface area contributed by atoms with Gasteiger partial charge in [0.2, 0.25) is 0 Å². The van der Waals surface area contributed by atoms with Crippen LogP contribution in [0.15, 0.2) is 11.0 Å². The molecule has 1 amide bonds. The lowest BCUT2D eigenvalue weighted by Gasteiger charge is -2.18. The first-order valence-electron chi connectivity index (χ1n) is 7.48. The van der Waals surface area contributed by atoms with Crippen molar-refractivity contribution >= 4 is 22.4 Å². The Labute approximate surface area is 139 Å². The number of amides is 1. The van der Waals surface area contributed by atoms with Crippen LogP contribution in [0.4, 0.5) is 5.13 Å². The van der Waals surface area contributed by atoms with E-state index < -0.39 is 11.5 Å². The molecular weight excluding hydrogens is 312 g/mol. The topological polar surface area (TPSA) is 87.7 Å². The van der Waals surface area contributed by atoms with E-state index in [4.69, 9.17) is 0 Å². The molecule has 2 N–H and O–H groups in total. The van der Waals surface area contributed by atoms with Crippen LogP contribution in [0.5, 0.6) is 0 Å². The Morgan fingerprint density at radius 2 is 2.00 bits per heavy atom. The maximum atomic E-state index is 12.4. The Balaban J connectivity index is 2.30. The molecule has 0 unspecified atom stereocenters. The highest BCUT2D eigenvalue weighted by Crippen LogP contribution is 2.25. The smallest absolute Gasteiger partial charge is 0.264 e. The van der Waals surface area contributed by atoms with Crippen LogP contribution < -0.4 is 10.9 Å². The SMILES string of the molecule is Cc1nc(C(C)(C)C)[nH]c(=O)c1C(=O)Nc1ncc(C(C)C)s1. The molecule has 0 spiro atoms. The van der Waals surface area contributed by atoms with Gasteiger partial charge in [0.1, 0.15) is 11.4 Å². The van der Waals surface area contributed by atoms with E-state index in [-0.39, 0.29) is 11.0 Å². The molecule has 2 heterocycles. The summed E-state index contributed by atoms with van der Waals surface area (Å²) < 4.78 is 0. The Morgan fingerprint density at radius 1 is 1.35 bits per heavy atom. The van der Waals surface area contributed by atoms with Gasteiger partial charge in [-0.05, 0) is 12.8 Å². The van der Waals surface area contributed by atoms with Gasteiger partial charge in [-0.3, -0.25) is 14.9 Å². The number of aromatic amines is 1. The summed E-state index contributed by atoms with van der Waals surface area (Å²) in [5, 5.41) is 3.17. The van der Waals surface area contributed by atoms with Gasteiger partial charge in [-0.1, -0.05) is 34.6 Å². The number of hydrogen-bond acceptors (Lipinski definition) is 5. The fourth-order valence-corrected chi connectivity index (χ4v) is 2.79. The molecule has 0 radical (unpaired) electrons. The molecule has 0 aliphatic rings. The van der Waals surface area contributed by atoms with E-state index in [9.17, 15) is 9.59 Å². The standard InChI is InChI=1S/C16H22N4O2S/c1-8(2)10-7-17-15(23-10)20-13(22)11-9(3)18-14(16(4,5)6)19-12(11)21/h7-8H,1-6H3,(H,17,20,22)(H,18,19,21). The molecule has 0 atom stereocenters. The highest BCUT2D eigenvalue weighted by molar-refractivity contribution is 7.15. The minimum absolute atomic E-state index is 0.0271. The lowest BCUT2D eigenvalue weighted by atomic mass is 9.95. The molecule has 6 nitrogen and oxygen atoms in total. The minimum Gasteiger partial charge on any atom is -0.309 e. The van der Waals surface area contributed by atoms with Crippen molar-refractivity contribution in [2.75, 3.05) is 5.32 Å². The van der Waals surface area contributed by atoms with Gasteiger partial charge >= 0.3 is 0 Å². The van der Waals surface area contributed by atoms with Crippen LogP contribution in [-0.2, 0) is 5.41 Å². The summed E-state index contributed by atoms with van der Waals surface area (Å²) in [6, 6.07) is 0. The molecule has 0 aromatic carbocycles. The number of nitrogens with zero attached hydrogens (tertiary/aromatic N) is 2. The molecule has 0 saturated heterocycles. The Hall–Kier alpha value is -2.02. The van der Waals surface area contributed by atoms with Gasteiger partial charge in [-0.25, -0.2) is 9.97 Å². The van der Waals surface area contributed by atoms with Gasteiger partial charge in [0.25, 0.3) is 11.5 Å². The summed E-state index contributed by atoms with van der Waals surface area (Å²) in [5.41, 5.74) is -0.280. The molecule has 23 heavy (non-hydrogen) atoms. The van der Waals surface area contributed by atoms with Crippen molar-refractivity contribution in [1.82, 2.24) is 15.0 Å². The Kier molecular flexibility index (Phi) is 4.70.